The van der Waals surface area contributed by atoms with Gasteiger partial charge in [-0.15, -0.1) is 10.2 Å². The van der Waals surface area contributed by atoms with Crippen molar-refractivity contribution in [1.82, 2.24) is 20.1 Å². The molecular formula is C21H17FN4O2S. The lowest BCUT2D eigenvalue weighted by Gasteiger charge is -2.09. The first kappa shape index (κ1) is 18.9. The van der Waals surface area contributed by atoms with Gasteiger partial charge in [0.2, 0.25) is 11.7 Å². The fraction of sp³-hybridized carbons (Fsp3) is 0.0952. The van der Waals surface area contributed by atoms with E-state index >= 15 is 0 Å². The second-order valence-corrected chi connectivity index (χ2v) is 7.09. The number of hydrogen-bond acceptors (Lipinski definition) is 5. The number of amides is 1. The average Bonchev–Trinajstić information content (AvgIpc) is 3.42. The molecule has 0 unspecified atom stereocenters. The van der Waals surface area contributed by atoms with Gasteiger partial charge in [0, 0.05) is 6.54 Å². The maximum absolute atomic E-state index is 13.4. The van der Waals surface area contributed by atoms with E-state index in [2.05, 4.69) is 15.5 Å². The van der Waals surface area contributed by atoms with Gasteiger partial charge < -0.3 is 9.73 Å². The van der Waals surface area contributed by atoms with Gasteiger partial charge in [0.25, 0.3) is 0 Å². The molecule has 2 aromatic heterocycles. The van der Waals surface area contributed by atoms with E-state index in [1.54, 1.807) is 35.1 Å². The van der Waals surface area contributed by atoms with Crippen LogP contribution in [0.4, 0.5) is 4.39 Å². The lowest BCUT2D eigenvalue weighted by molar-refractivity contribution is -0.118. The van der Waals surface area contributed by atoms with E-state index in [1.165, 1.54) is 23.9 Å². The Morgan fingerprint density at radius 2 is 1.83 bits per heavy atom. The zero-order chi connectivity index (χ0) is 20.1. The van der Waals surface area contributed by atoms with Crippen molar-refractivity contribution in [3.05, 3.63) is 84.4 Å². The summed E-state index contributed by atoms with van der Waals surface area (Å²) in [7, 11) is 0. The number of rotatable bonds is 7. The number of hydrogen-bond donors (Lipinski definition) is 1. The summed E-state index contributed by atoms with van der Waals surface area (Å²) < 4.78 is 20.6. The van der Waals surface area contributed by atoms with Crippen molar-refractivity contribution in [2.24, 2.45) is 0 Å². The average molecular weight is 408 g/mol. The lowest BCUT2D eigenvalue weighted by atomic mass is 10.2. The largest absolute Gasteiger partial charge is 0.461 e. The Bertz CT molecular complexity index is 1080. The van der Waals surface area contributed by atoms with E-state index in [0.29, 0.717) is 29.0 Å². The van der Waals surface area contributed by atoms with E-state index < -0.39 is 0 Å². The van der Waals surface area contributed by atoms with Crippen LogP contribution in [0.2, 0.25) is 0 Å². The monoisotopic (exact) mass is 408 g/mol. The summed E-state index contributed by atoms with van der Waals surface area (Å²) in [6.07, 6.45) is 1.54. The number of carbonyl (C=O) groups is 1. The molecule has 0 fully saturated rings. The van der Waals surface area contributed by atoms with Crippen LogP contribution in [0.25, 0.3) is 17.3 Å². The number of carbonyl (C=O) groups excluding carboxylic acids is 1. The molecule has 0 radical (unpaired) electrons. The molecule has 6 nitrogen and oxygen atoms in total. The van der Waals surface area contributed by atoms with Gasteiger partial charge in [-0.25, -0.2) is 4.39 Å². The van der Waals surface area contributed by atoms with Crippen LogP contribution in [-0.2, 0) is 11.3 Å². The number of halogens is 1. The highest BCUT2D eigenvalue weighted by Gasteiger charge is 2.19. The molecular weight excluding hydrogens is 391 g/mol. The quantitative estimate of drug-likeness (QED) is 0.467. The first-order chi connectivity index (χ1) is 14.2. The maximum atomic E-state index is 13.4. The molecule has 8 heteroatoms. The number of thioether (sulfide) groups is 1. The number of aromatic nitrogens is 3. The zero-order valence-corrected chi connectivity index (χ0v) is 16.1. The highest BCUT2D eigenvalue weighted by Crippen LogP contribution is 2.28. The van der Waals surface area contributed by atoms with Crippen LogP contribution in [0.15, 0.2) is 82.6 Å². The Morgan fingerprint density at radius 3 is 2.55 bits per heavy atom. The van der Waals surface area contributed by atoms with Crippen molar-refractivity contribution in [3.8, 4) is 17.3 Å². The normalized spacial score (nSPS) is 10.8. The zero-order valence-electron chi connectivity index (χ0n) is 15.3. The van der Waals surface area contributed by atoms with E-state index in [0.717, 1.165) is 5.56 Å². The van der Waals surface area contributed by atoms with Crippen molar-refractivity contribution < 1.29 is 13.6 Å². The third-order valence-corrected chi connectivity index (χ3v) is 5.05. The smallest absolute Gasteiger partial charge is 0.230 e. The molecule has 0 aliphatic rings. The Kier molecular flexibility index (Phi) is 5.71. The van der Waals surface area contributed by atoms with Gasteiger partial charge in [0.1, 0.15) is 5.82 Å². The molecule has 0 saturated carbocycles. The Balaban J connectivity index is 1.51. The minimum Gasteiger partial charge on any atom is -0.461 e. The van der Waals surface area contributed by atoms with Gasteiger partial charge >= 0.3 is 0 Å². The number of nitrogens with one attached hydrogen (secondary N) is 1. The van der Waals surface area contributed by atoms with E-state index in [1.807, 2.05) is 30.3 Å². The summed E-state index contributed by atoms with van der Waals surface area (Å²) >= 11 is 1.25. The Hall–Kier alpha value is -3.39. The van der Waals surface area contributed by atoms with Gasteiger partial charge in [-0.2, -0.15) is 0 Å². The fourth-order valence-corrected chi connectivity index (χ4v) is 3.51. The maximum Gasteiger partial charge on any atom is 0.230 e. The summed E-state index contributed by atoms with van der Waals surface area (Å²) in [4.78, 5) is 12.3. The predicted octanol–water partition coefficient (Wildman–Crippen LogP) is 4.07. The third kappa shape index (κ3) is 4.55. The molecule has 2 heterocycles. The van der Waals surface area contributed by atoms with Crippen LogP contribution in [0.5, 0.6) is 0 Å². The minimum atomic E-state index is -0.337. The highest BCUT2D eigenvalue weighted by molar-refractivity contribution is 7.99. The first-order valence-corrected chi connectivity index (χ1v) is 9.88. The first-order valence-electron chi connectivity index (χ1n) is 8.89. The van der Waals surface area contributed by atoms with Crippen LogP contribution in [0, 0.1) is 5.82 Å². The minimum absolute atomic E-state index is 0.118. The SMILES string of the molecule is O=C(CSc1nnc(-c2ccco2)n1-c1ccc(F)cc1)NCc1ccccc1. The van der Waals surface area contributed by atoms with Crippen molar-refractivity contribution in [3.63, 3.8) is 0 Å². The molecule has 0 bridgehead atoms. The van der Waals surface area contributed by atoms with Crippen molar-refractivity contribution in [2.45, 2.75) is 11.7 Å². The summed E-state index contributed by atoms with van der Waals surface area (Å²) in [6, 6.07) is 19.2. The fourth-order valence-electron chi connectivity index (χ4n) is 2.73. The van der Waals surface area contributed by atoms with Crippen LogP contribution in [0.1, 0.15) is 5.56 Å². The number of furan rings is 1. The van der Waals surface area contributed by atoms with Crippen molar-refractivity contribution in [1.29, 1.82) is 0 Å². The molecule has 0 spiro atoms. The summed E-state index contributed by atoms with van der Waals surface area (Å²) in [5, 5.41) is 11.8. The predicted molar refractivity (Wildman–Crippen MR) is 108 cm³/mol. The molecule has 0 atom stereocenters. The molecule has 146 valence electrons. The molecule has 2 aromatic carbocycles. The van der Waals surface area contributed by atoms with E-state index in [4.69, 9.17) is 4.42 Å². The highest BCUT2D eigenvalue weighted by atomic mass is 32.2. The van der Waals surface area contributed by atoms with Gasteiger partial charge in [-0.05, 0) is 42.0 Å². The molecule has 0 aliphatic carbocycles. The van der Waals surface area contributed by atoms with Crippen LogP contribution >= 0.6 is 11.8 Å². The topological polar surface area (TPSA) is 73.0 Å². The van der Waals surface area contributed by atoms with Crippen molar-refractivity contribution in [2.75, 3.05) is 5.75 Å². The molecule has 29 heavy (non-hydrogen) atoms. The van der Waals surface area contributed by atoms with Gasteiger partial charge in [-0.3, -0.25) is 9.36 Å². The van der Waals surface area contributed by atoms with Crippen LogP contribution in [0.3, 0.4) is 0 Å². The van der Waals surface area contributed by atoms with E-state index in [9.17, 15) is 9.18 Å². The molecule has 1 N–H and O–H groups in total. The molecule has 4 rings (SSSR count). The van der Waals surface area contributed by atoms with Crippen molar-refractivity contribution >= 4 is 17.7 Å². The summed E-state index contributed by atoms with van der Waals surface area (Å²) in [6.45, 7) is 0.461. The summed E-state index contributed by atoms with van der Waals surface area (Å²) in [5.41, 5.74) is 1.70. The number of nitrogens with zero attached hydrogens (tertiary/aromatic N) is 3. The van der Waals surface area contributed by atoms with Crippen LogP contribution < -0.4 is 5.32 Å². The second-order valence-electron chi connectivity index (χ2n) is 6.15. The van der Waals surface area contributed by atoms with Gasteiger partial charge in [0.15, 0.2) is 10.9 Å². The standard InChI is InChI=1S/C21H17FN4O2S/c22-16-8-10-17(11-9-16)26-20(18-7-4-12-28-18)24-25-21(26)29-14-19(27)23-13-15-5-2-1-3-6-15/h1-12H,13-14H2,(H,23,27). The summed E-state index contributed by atoms with van der Waals surface area (Å²) in [5.74, 6) is 0.726. The molecule has 0 aliphatic heterocycles. The Labute approximate surface area is 170 Å². The lowest BCUT2D eigenvalue weighted by Crippen LogP contribution is -2.24. The van der Waals surface area contributed by atoms with Gasteiger partial charge in [-0.1, -0.05) is 42.1 Å². The molecule has 0 saturated heterocycles. The molecule has 1 amide bonds. The van der Waals surface area contributed by atoms with Gasteiger partial charge in [0.05, 0.1) is 17.7 Å². The van der Waals surface area contributed by atoms with Crippen LogP contribution in [-0.4, -0.2) is 26.4 Å². The number of benzene rings is 2. The third-order valence-electron chi connectivity index (χ3n) is 4.12. The second kappa shape index (κ2) is 8.74. The molecule has 4 aromatic rings. The van der Waals surface area contributed by atoms with E-state index in [-0.39, 0.29) is 17.5 Å². The Morgan fingerprint density at radius 1 is 1.03 bits per heavy atom.